The molecular formula is C14H17NO. The first-order valence-corrected chi connectivity index (χ1v) is 5.82. The van der Waals surface area contributed by atoms with E-state index in [2.05, 4.69) is 5.32 Å². The van der Waals surface area contributed by atoms with Crippen molar-refractivity contribution < 1.29 is 4.79 Å². The highest BCUT2D eigenvalue weighted by Crippen LogP contribution is 2.19. The number of carbonyl (C=O) groups is 1. The third-order valence-electron chi connectivity index (χ3n) is 3.01. The van der Waals surface area contributed by atoms with Crippen LogP contribution in [0.4, 0.5) is 0 Å². The Morgan fingerprint density at radius 2 is 1.94 bits per heavy atom. The van der Waals surface area contributed by atoms with E-state index in [-0.39, 0.29) is 5.78 Å². The molecule has 84 valence electrons. The van der Waals surface area contributed by atoms with Crippen molar-refractivity contribution in [1.29, 1.82) is 0 Å². The van der Waals surface area contributed by atoms with Crippen molar-refractivity contribution in [2.75, 3.05) is 6.54 Å². The van der Waals surface area contributed by atoms with Crippen molar-refractivity contribution >= 4 is 5.78 Å². The Morgan fingerprint density at radius 3 is 2.69 bits per heavy atom. The van der Waals surface area contributed by atoms with Gasteiger partial charge in [0.15, 0.2) is 5.78 Å². The molecule has 1 N–H and O–H groups in total. The summed E-state index contributed by atoms with van der Waals surface area (Å²) in [7, 11) is 0. The number of hydrogen-bond donors (Lipinski definition) is 1. The number of Topliss-reactive ketones (excluding diaryl/α,β-unsaturated/α-hetero) is 1. The van der Waals surface area contributed by atoms with Crippen LogP contribution >= 0.6 is 0 Å². The van der Waals surface area contributed by atoms with Crippen LogP contribution in [0.25, 0.3) is 0 Å². The second-order valence-corrected chi connectivity index (χ2v) is 4.18. The van der Waals surface area contributed by atoms with E-state index >= 15 is 0 Å². The second kappa shape index (κ2) is 4.97. The Morgan fingerprint density at radius 1 is 1.19 bits per heavy atom. The fraction of sp³-hybridized carbons (Fsp3) is 0.357. The van der Waals surface area contributed by atoms with Crippen LogP contribution in [-0.4, -0.2) is 12.3 Å². The van der Waals surface area contributed by atoms with Crippen LogP contribution in [0.15, 0.2) is 41.6 Å². The Bertz CT molecular complexity index is 406. The van der Waals surface area contributed by atoms with Gasteiger partial charge >= 0.3 is 0 Å². The van der Waals surface area contributed by atoms with E-state index in [9.17, 15) is 4.79 Å². The molecule has 0 bridgehead atoms. The molecule has 0 saturated heterocycles. The number of hydrogen-bond acceptors (Lipinski definition) is 2. The van der Waals surface area contributed by atoms with E-state index < -0.39 is 0 Å². The average Bonchev–Trinajstić information content (AvgIpc) is 2.54. The van der Waals surface area contributed by atoms with Gasteiger partial charge in [-0.15, -0.1) is 0 Å². The fourth-order valence-corrected chi connectivity index (χ4v) is 2.04. The molecule has 0 unspecified atom stereocenters. The van der Waals surface area contributed by atoms with Crippen molar-refractivity contribution in [3.63, 3.8) is 0 Å². The molecule has 0 saturated carbocycles. The standard InChI is InChI=1S/C14H17NO/c1-11-13(9-5-6-10-15-11)14(16)12-7-3-2-4-8-12/h2-4,7-8,15H,5-6,9-10H2,1H3. The van der Waals surface area contributed by atoms with Gasteiger partial charge in [0.1, 0.15) is 0 Å². The molecule has 1 aromatic carbocycles. The van der Waals surface area contributed by atoms with Gasteiger partial charge in [0, 0.05) is 23.4 Å². The van der Waals surface area contributed by atoms with E-state index in [0.717, 1.165) is 42.6 Å². The van der Waals surface area contributed by atoms with Gasteiger partial charge in [-0.2, -0.15) is 0 Å². The van der Waals surface area contributed by atoms with Crippen LogP contribution in [0.5, 0.6) is 0 Å². The summed E-state index contributed by atoms with van der Waals surface area (Å²) in [4.78, 5) is 12.3. The minimum absolute atomic E-state index is 0.174. The highest BCUT2D eigenvalue weighted by atomic mass is 16.1. The van der Waals surface area contributed by atoms with Crippen molar-refractivity contribution in [3.8, 4) is 0 Å². The summed E-state index contributed by atoms with van der Waals surface area (Å²) >= 11 is 0. The van der Waals surface area contributed by atoms with Gasteiger partial charge in [-0.1, -0.05) is 30.3 Å². The van der Waals surface area contributed by atoms with Gasteiger partial charge in [0.25, 0.3) is 0 Å². The van der Waals surface area contributed by atoms with Crippen molar-refractivity contribution in [2.24, 2.45) is 0 Å². The molecule has 1 heterocycles. The Labute approximate surface area is 96.4 Å². The zero-order valence-corrected chi connectivity index (χ0v) is 9.62. The molecule has 0 spiro atoms. The van der Waals surface area contributed by atoms with Gasteiger partial charge in [-0.3, -0.25) is 4.79 Å². The third-order valence-corrected chi connectivity index (χ3v) is 3.01. The number of allylic oxidation sites excluding steroid dienone is 2. The lowest BCUT2D eigenvalue weighted by molar-refractivity contribution is 0.102. The summed E-state index contributed by atoms with van der Waals surface area (Å²) in [6, 6.07) is 9.52. The van der Waals surface area contributed by atoms with Crippen LogP contribution < -0.4 is 5.32 Å². The van der Waals surface area contributed by atoms with E-state index in [4.69, 9.17) is 0 Å². The maximum absolute atomic E-state index is 12.3. The lowest BCUT2D eigenvalue weighted by Gasteiger charge is -2.08. The third kappa shape index (κ3) is 2.32. The van der Waals surface area contributed by atoms with Crippen LogP contribution in [-0.2, 0) is 0 Å². The van der Waals surface area contributed by atoms with Crippen molar-refractivity contribution in [3.05, 3.63) is 47.2 Å². The topological polar surface area (TPSA) is 29.1 Å². The van der Waals surface area contributed by atoms with Crippen LogP contribution in [0.1, 0.15) is 36.5 Å². The van der Waals surface area contributed by atoms with Crippen LogP contribution in [0.3, 0.4) is 0 Å². The summed E-state index contributed by atoms with van der Waals surface area (Å²) < 4.78 is 0. The normalized spacial score (nSPS) is 16.6. The first kappa shape index (κ1) is 10.9. The van der Waals surface area contributed by atoms with Crippen LogP contribution in [0, 0.1) is 0 Å². The van der Waals surface area contributed by atoms with E-state index in [1.807, 2.05) is 37.3 Å². The first-order chi connectivity index (χ1) is 7.79. The quantitative estimate of drug-likeness (QED) is 0.768. The summed E-state index contributed by atoms with van der Waals surface area (Å²) in [5.74, 6) is 0.174. The molecule has 0 aromatic heterocycles. The van der Waals surface area contributed by atoms with Gasteiger partial charge < -0.3 is 5.32 Å². The molecule has 0 atom stereocenters. The number of rotatable bonds is 2. The summed E-state index contributed by atoms with van der Waals surface area (Å²) in [6.45, 7) is 2.99. The number of benzene rings is 1. The molecule has 1 aliphatic heterocycles. The van der Waals surface area contributed by atoms with Crippen LogP contribution in [0.2, 0.25) is 0 Å². The summed E-state index contributed by atoms with van der Waals surface area (Å²) in [6.07, 6.45) is 3.13. The smallest absolute Gasteiger partial charge is 0.190 e. The fourth-order valence-electron chi connectivity index (χ4n) is 2.04. The number of nitrogens with one attached hydrogen (secondary N) is 1. The molecular weight excluding hydrogens is 198 g/mol. The van der Waals surface area contributed by atoms with Crippen molar-refractivity contribution in [1.82, 2.24) is 5.32 Å². The van der Waals surface area contributed by atoms with E-state index in [0.29, 0.717) is 0 Å². The molecule has 2 rings (SSSR count). The van der Waals surface area contributed by atoms with E-state index in [1.54, 1.807) is 0 Å². The Hall–Kier alpha value is -1.57. The molecule has 0 aliphatic carbocycles. The SMILES string of the molecule is CC1=C(C(=O)c2ccccc2)CCCCN1. The molecule has 0 radical (unpaired) electrons. The average molecular weight is 215 g/mol. The first-order valence-electron chi connectivity index (χ1n) is 5.82. The molecule has 0 fully saturated rings. The van der Waals surface area contributed by atoms with Gasteiger partial charge in [0.05, 0.1) is 0 Å². The monoisotopic (exact) mass is 215 g/mol. The predicted molar refractivity (Wildman–Crippen MR) is 65.3 cm³/mol. The maximum atomic E-state index is 12.3. The highest BCUT2D eigenvalue weighted by molar-refractivity contribution is 6.09. The molecule has 16 heavy (non-hydrogen) atoms. The minimum atomic E-state index is 0.174. The number of ketones is 1. The molecule has 0 amide bonds. The lowest BCUT2D eigenvalue weighted by Crippen LogP contribution is -2.14. The van der Waals surface area contributed by atoms with Gasteiger partial charge in [-0.05, 0) is 26.2 Å². The Kier molecular flexibility index (Phi) is 3.40. The van der Waals surface area contributed by atoms with E-state index in [1.165, 1.54) is 0 Å². The van der Waals surface area contributed by atoms with Gasteiger partial charge in [-0.25, -0.2) is 0 Å². The molecule has 1 aliphatic rings. The Balaban J connectivity index is 2.27. The molecule has 2 nitrogen and oxygen atoms in total. The summed E-state index contributed by atoms with van der Waals surface area (Å²) in [5.41, 5.74) is 2.79. The highest BCUT2D eigenvalue weighted by Gasteiger charge is 2.16. The lowest BCUT2D eigenvalue weighted by atomic mass is 9.98. The summed E-state index contributed by atoms with van der Waals surface area (Å²) in [5, 5.41) is 3.30. The molecule has 2 heteroatoms. The number of carbonyl (C=O) groups excluding carboxylic acids is 1. The van der Waals surface area contributed by atoms with Crippen molar-refractivity contribution in [2.45, 2.75) is 26.2 Å². The molecule has 1 aromatic rings. The second-order valence-electron chi connectivity index (χ2n) is 4.18. The largest absolute Gasteiger partial charge is 0.388 e. The van der Waals surface area contributed by atoms with Gasteiger partial charge in [0.2, 0.25) is 0 Å². The zero-order chi connectivity index (χ0) is 11.4. The predicted octanol–water partition coefficient (Wildman–Crippen LogP) is 2.92. The maximum Gasteiger partial charge on any atom is 0.190 e. The minimum Gasteiger partial charge on any atom is -0.388 e. The zero-order valence-electron chi connectivity index (χ0n) is 9.62.